The molecule has 0 bridgehead atoms. The van der Waals surface area contributed by atoms with Crippen LogP contribution >= 0.6 is 0 Å². The highest BCUT2D eigenvalue weighted by Gasteiger charge is 2.43. The second-order valence-corrected chi connectivity index (χ2v) is 9.43. The molecule has 2 fully saturated rings. The van der Waals surface area contributed by atoms with Crippen molar-refractivity contribution in [1.82, 2.24) is 9.80 Å². The fourth-order valence-electron chi connectivity index (χ4n) is 4.81. The topological polar surface area (TPSA) is 59.1 Å². The van der Waals surface area contributed by atoms with Gasteiger partial charge in [0.25, 0.3) is 0 Å². The summed E-state index contributed by atoms with van der Waals surface area (Å²) in [5.41, 5.74) is 0.0701. The average Bonchev–Trinajstić information content (AvgIpc) is 3.39. The maximum absolute atomic E-state index is 13.3. The monoisotopic (exact) mass is 468 g/mol. The van der Waals surface area contributed by atoms with Crippen molar-refractivity contribution in [1.29, 1.82) is 0 Å². The lowest BCUT2D eigenvalue weighted by molar-refractivity contribution is -0.167. The molecule has 2 amide bonds. The van der Waals surface area contributed by atoms with Gasteiger partial charge in [0.2, 0.25) is 11.8 Å². The Bertz CT molecular complexity index is 962. The van der Waals surface area contributed by atoms with E-state index in [1.165, 1.54) is 12.1 Å². The second-order valence-electron chi connectivity index (χ2n) is 9.43. The Morgan fingerprint density at radius 3 is 2.53 bits per heavy atom. The van der Waals surface area contributed by atoms with Crippen LogP contribution in [0, 0.1) is 11.7 Å². The number of halogens is 1. The number of hydrogen-bond acceptors (Lipinski definition) is 4. The molecule has 1 saturated carbocycles. The zero-order valence-corrected chi connectivity index (χ0v) is 19.7. The summed E-state index contributed by atoms with van der Waals surface area (Å²) in [6.07, 6.45) is 4.11. The summed E-state index contributed by atoms with van der Waals surface area (Å²) in [6.45, 7) is 1.74. The van der Waals surface area contributed by atoms with E-state index in [2.05, 4.69) is 0 Å². The zero-order valence-electron chi connectivity index (χ0n) is 19.7. The molecular weight excluding hydrogens is 435 g/mol. The highest BCUT2D eigenvalue weighted by molar-refractivity contribution is 5.80. The van der Waals surface area contributed by atoms with Gasteiger partial charge in [0, 0.05) is 26.1 Å². The van der Waals surface area contributed by atoms with Crippen LogP contribution < -0.4 is 4.74 Å². The molecule has 4 rings (SSSR count). The molecule has 0 radical (unpaired) electrons. The highest BCUT2D eigenvalue weighted by atomic mass is 19.1. The van der Waals surface area contributed by atoms with Gasteiger partial charge in [-0.2, -0.15) is 0 Å². The van der Waals surface area contributed by atoms with Crippen LogP contribution in [0.25, 0.3) is 0 Å². The first-order valence-electron chi connectivity index (χ1n) is 12.0. The van der Waals surface area contributed by atoms with Crippen molar-refractivity contribution in [2.75, 3.05) is 33.4 Å². The van der Waals surface area contributed by atoms with E-state index in [9.17, 15) is 14.0 Å². The molecule has 2 aromatic rings. The quantitative estimate of drug-likeness (QED) is 0.587. The molecule has 0 N–H and O–H groups in total. The van der Waals surface area contributed by atoms with E-state index in [4.69, 9.17) is 9.47 Å². The van der Waals surface area contributed by atoms with E-state index >= 15 is 0 Å². The number of ether oxygens (including phenoxy) is 2. The molecule has 182 valence electrons. The minimum absolute atomic E-state index is 0.0604. The summed E-state index contributed by atoms with van der Waals surface area (Å²) >= 11 is 0. The standard InChI is InChI=1S/C27H33FN2O4/c1-29(18-21-7-3-2-4-8-21)25(31)17-27(20-33-24-13-11-23(28)12-14-24)19-30(15-16-34-27)26(32)22-9-5-6-10-22/h2-4,7-8,11-14,22H,5-6,9-10,15-20H2,1H3/t27-/m0/s1. The van der Waals surface area contributed by atoms with Gasteiger partial charge in [-0.1, -0.05) is 43.2 Å². The Labute approximate surface area is 200 Å². The van der Waals surface area contributed by atoms with Crippen molar-refractivity contribution in [2.45, 2.75) is 44.2 Å². The van der Waals surface area contributed by atoms with Crippen LogP contribution in [-0.2, 0) is 20.9 Å². The maximum atomic E-state index is 13.3. The van der Waals surface area contributed by atoms with Crippen LogP contribution in [-0.4, -0.2) is 60.6 Å². The molecule has 1 aliphatic carbocycles. The molecule has 6 nitrogen and oxygen atoms in total. The van der Waals surface area contributed by atoms with Crippen molar-refractivity contribution >= 4 is 11.8 Å². The molecule has 34 heavy (non-hydrogen) atoms. The Hall–Kier alpha value is -2.93. The summed E-state index contributed by atoms with van der Waals surface area (Å²) in [4.78, 5) is 29.9. The third-order valence-corrected chi connectivity index (χ3v) is 6.74. The van der Waals surface area contributed by atoms with E-state index in [0.717, 1.165) is 31.2 Å². The number of morpholine rings is 1. The molecule has 2 aromatic carbocycles. The van der Waals surface area contributed by atoms with Gasteiger partial charge in [0.05, 0.1) is 19.6 Å². The fraction of sp³-hybridized carbons (Fsp3) is 0.481. The molecule has 1 saturated heterocycles. The largest absolute Gasteiger partial charge is 0.490 e. The average molecular weight is 469 g/mol. The van der Waals surface area contributed by atoms with Crippen LogP contribution in [0.5, 0.6) is 5.75 Å². The summed E-state index contributed by atoms with van der Waals surface area (Å²) in [6, 6.07) is 15.6. The predicted molar refractivity (Wildman–Crippen MR) is 127 cm³/mol. The minimum Gasteiger partial charge on any atom is -0.490 e. The van der Waals surface area contributed by atoms with Crippen molar-refractivity contribution in [3.63, 3.8) is 0 Å². The van der Waals surface area contributed by atoms with Crippen molar-refractivity contribution < 1.29 is 23.5 Å². The zero-order chi connectivity index (χ0) is 24.0. The number of nitrogens with zero attached hydrogens (tertiary/aromatic N) is 2. The highest BCUT2D eigenvalue weighted by Crippen LogP contribution is 2.30. The number of hydrogen-bond donors (Lipinski definition) is 0. The molecule has 0 aromatic heterocycles. The molecule has 0 unspecified atom stereocenters. The Kier molecular flexibility index (Phi) is 7.83. The Balaban J connectivity index is 1.48. The van der Waals surface area contributed by atoms with E-state index in [1.807, 2.05) is 35.2 Å². The Morgan fingerprint density at radius 2 is 1.82 bits per heavy atom. The number of benzene rings is 2. The van der Waals surface area contributed by atoms with Gasteiger partial charge in [-0.25, -0.2) is 4.39 Å². The molecule has 7 heteroatoms. The van der Waals surface area contributed by atoms with Crippen molar-refractivity contribution in [3.05, 3.63) is 66.0 Å². The lowest BCUT2D eigenvalue weighted by Crippen LogP contribution is -2.59. The summed E-state index contributed by atoms with van der Waals surface area (Å²) in [7, 11) is 1.77. The van der Waals surface area contributed by atoms with E-state index in [0.29, 0.717) is 32.0 Å². The number of rotatable bonds is 8. The van der Waals surface area contributed by atoms with Gasteiger partial charge < -0.3 is 19.3 Å². The van der Waals surface area contributed by atoms with Crippen LogP contribution in [0.3, 0.4) is 0 Å². The molecule has 1 heterocycles. The third kappa shape index (κ3) is 6.14. The number of carbonyl (C=O) groups is 2. The lowest BCUT2D eigenvalue weighted by Gasteiger charge is -2.43. The van der Waals surface area contributed by atoms with Crippen LogP contribution in [0.15, 0.2) is 54.6 Å². The first kappa shape index (κ1) is 24.2. The smallest absolute Gasteiger partial charge is 0.225 e. The maximum Gasteiger partial charge on any atom is 0.225 e. The lowest BCUT2D eigenvalue weighted by atomic mass is 9.95. The number of carbonyl (C=O) groups excluding carboxylic acids is 2. The number of amides is 2. The Morgan fingerprint density at radius 1 is 1.12 bits per heavy atom. The van der Waals surface area contributed by atoms with Gasteiger partial charge in [0.15, 0.2) is 0 Å². The van der Waals surface area contributed by atoms with Crippen molar-refractivity contribution in [2.24, 2.45) is 5.92 Å². The molecule has 1 aliphatic heterocycles. The summed E-state index contributed by atoms with van der Waals surface area (Å²) in [5, 5.41) is 0. The third-order valence-electron chi connectivity index (χ3n) is 6.74. The second kappa shape index (κ2) is 11.0. The van der Waals surface area contributed by atoms with Crippen LogP contribution in [0.2, 0.25) is 0 Å². The summed E-state index contributed by atoms with van der Waals surface area (Å²) < 4.78 is 25.5. The van der Waals surface area contributed by atoms with Gasteiger partial charge in [-0.15, -0.1) is 0 Å². The minimum atomic E-state index is -0.969. The van der Waals surface area contributed by atoms with Crippen LogP contribution in [0.4, 0.5) is 4.39 Å². The fourth-order valence-corrected chi connectivity index (χ4v) is 4.81. The summed E-state index contributed by atoms with van der Waals surface area (Å²) in [5.74, 6) is 0.278. The SMILES string of the molecule is CN(Cc1ccccc1)C(=O)C[C@@]1(COc2ccc(F)cc2)CN(C(=O)C2CCCC2)CCO1. The molecular formula is C27H33FN2O4. The van der Waals surface area contributed by atoms with Gasteiger partial charge in [-0.3, -0.25) is 9.59 Å². The molecule has 1 atom stereocenters. The first-order chi connectivity index (χ1) is 16.4. The van der Waals surface area contributed by atoms with Crippen LogP contribution in [0.1, 0.15) is 37.7 Å². The molecule has 0 spiro atoms. The van der Waals surface area contributed by atoms with E-state index in [1.54, 1.807) is 24.1 Å². The van der Waals surface area contributed by atoms with E-state index < -0.39 is 5.60 Å². The van der Waals surface area contributed by atoms with Gasteiger partial charge >= 0.3 is 0 Å². The van der Waals surface area contributed by atoms with E-state index in [-0.39, 0.29) is 36.6 Å². The van der Waals surface area contributed by atoms with Gasteiger partial charge in [-0.05, 0) is 42.7 Å². The van der Waals surface area contributed by atoms with Crippen molar-refractivity contribution in [3.8, 4) is 5.75 Å². The van der Waals surface area contributed by atoms with Gasteiger partial charge in [0.1, 0.15) is 23.8 Å². The predicted octanol–water partition coefficient (Wildman–Crippen LogP) is 4.04. The first-order valence-corrected chi connectivity index (χ1v) is 12.0. The molecule has 2 aliphatic rings. The normalized spacial score (nSPS) is 20.8.